The molecule has 4 rings (SSSR count). The number of nitrogens with one attached hydrogen (secondary N) is 2. The highest BCUT2D eigenvalue weighted by Crippen LogP contribution is 2.34. The second-order valence-electron chi connectivity index (χ2n) is 10.8. The standard InChI is InChI=1S/C28H36F4N6O/c1-4-6-19(12-18(3)33)26-22-16-38(10-9-25(22)35-36-26)27(39)34-20-11-17(2)13-37(14-20)15-21-23(28(30,31)32)7-5-8-24(21)29/h4-8,12,17,20,22,25,35H,1,9-11,13-16,33H2,2-3H3,(H,34,39)/b18-12-,19-6+. The van der Waals surface area contributed by atoms with Crippen molar-refractivity contribution in [3.8, 4) is 0 Å². The van der Waals surface area contributed by atoms with E-state index in [2.05, 4.69) is 22.4 Å². The van der Waals surface area contributed by atoms with Gasteiger partial charge < -0.3 is 21.4 Å². The molecular formula is C28H36F4N6O. The lowest BCUT2D eigenvalue weighted by Crippen LogP contribution is -2.56. The molecule has 4 unspecified atom stereocenters. The van der Waals surface area contributed by atoms with Crippen molar-refractivity contribution in [3.63, 3.8) is 0 Å². The van der Waals surface area contributed by atoms with E-state index in [1.165, 1.54) is 0 Å². The van der Waals surface area contributed by atoms with Gasteiger partial charge in [0.2, 0.25) is 0 Å². The number of halogens is 4. The summed E-state index contributed by atoms with van der Waals surface area (Å²) in [6, 6.07) is 2.65. The molecular weight excluding hydrogens is 512 g/mol. The third-order valence-corrected chi connectivity index (χ3v) is 7.45. The number of alkyl halides is 3. The lowest BCUT2D eigenvalue weighted by molar-refractivity contribution is -0.138. The van der Waals surface area contributed by atoms with Gasteiger partial charge in [0.25, 0.3) is 0 Å². The number of nitrogens with two attached hydrogens (primary N) is 1. The Kier molecular flexibility index (Phi) is 8.68. The highest BCUT2D eigenvalue weighted by Gasteiger charge is 2.40. The Labute approximate surface area is 226 Å². The van der Waals surface area contributed by atoms with Crippen molar-refractivity contribution < 1.29 is 22.4 Å². The summed E-state index contributed by atoms with van der Waals surface area (Å²) >= 11 is 0. The number of hydrogen-bond acceptors (Lipinski definition) is 5. The first-order chi connectivity index (χ1) is 18.5. The Balaban J connectivity index is 1.42. The second-order valence-corrected chi connectivity index (χ2v) is 10.8. The number of hydrogen-bond donors (Lipinski definition) is 3. The summed E-state index contributed by atoms with van der Waals surface area (Å²) < 4.78 is 55.0. The molecule has 39 heavy (non-hydrogen) atoms. The Morgan fingerprint density at radius 3 is 2.77 bits per heavy atom. The van der Waals surface area contributed by atoms with Crippen molar-refractivity contribution >= 4 is 11.7 Å². The highest BCUT2D eigenvalue weighted by atomic mass is 19.4. The summed E-state index contributed by atoms with van der Waals surface area (Å²) in [4.78, 5) is 16.9. The molecule has 3 aliphatic heterocycles. The van der Waals surface area contributed by atoms with Gasteiger partial charge >= 0.3 is 12.2 Å². The van der Waals surface area contributed by atoms with Gasteiger partial charge in [0.1, 0.15) is 5.82 Å². The molecule has 0 spiro atoms. The first-order valence-corrected chi connectivity index (χ1v) is 13.2. The molecule has 4 N–H and O–H groups in total. The zero-order chi connectivity index (χ0) is 28.3. The molecule has 1 aromatic carbocycles. The van der Waals surface area contributed by atoms with E-state index in [0.717, 1.165) is 35.9 Å². The Hall–Kier alpha value is -3.34. The van der Waals surface area contributed by atoms with Crippen LogP contribution in [0.1, 0.15) is 37.8 Å². The molecule has 0 saturated carbocycles. The first kappa shape index (κ1) is 28.7. The van der Waals surface area contributed by atoms with E-state index in [4.69, 9.17) is 5.73 Å². The fourth-order valence-corrected chi connectivity index (χ4v) is 5.83. The molecule has 4 atom stereocenters. The maximum absolute atomic E-state index is 14.5. The van der Waals surface area contributed by atoms with Crippen LogP contribution in [0, 0.1) is 17.7 Å². The highest BCUT2D eigenvalue weighted by molar-refractivity contribution is 6.06. The van der Waals surface area contributed by atoms with Crippen molar-refractivity contribution in [3.05, 3.63) is 71.2 Å². The summed E-state index contributed by atoms with van der Waals surface area (Å²) in [5, 5.41) is 7.61. The van der Waals surface area contributed by atoms with E-state index >= 15 is 0 Å². The van der Waals surface area contributed by atoms with Gasteiger partial charge in [-0.2, -0.15) is 18.3 Å². The van der Waals surface area contributed by atoms with Crippen LogP contribution in [-0.4, -0.2) is 59.8 Å². The molecule has 3 aliphatic rings. The number of carbonyl (C=O) groups is 1. The number of urea groups is 1. The van der Waals surface area contributed by atoms with Crippen molar-refractivity contribution in [1.82, 2.24) is 20.5 Å². The Morgan fingerprint density at radius 2 is 2.08 bits per heavy atom. The van der Waals surface area contributed by atoms with Crippen LogP contribution in [0.25, 0.3) is 0 Å². The lowest BCUT2D eigenvalue weighted by atomic mass is 9.86. The molecule has 0 radical (unpaired) electrons. The maximum Gasteiger partial charge on any atom is 0.416 e. The first-order valence-electron chi connectivity index (χ1n) is 13.2. The average molecular weight is 549 g/mol. The van der Waals surface area contributed by atoms with Crippen LogP contribution in [0.4, 0.5) is 22.4 Å². The number of hydrazone groups is 1. The van der Waals surface area contributed by atoms with Crippen LogP contribution in [-0.2, 0) is 12.7 Å². The smallest absolute Gasteiger partial charge is 0.402 e. The van der Waals surface area contributed by atoms with Gasteiger partial charge in [0.15, 0.2) is 0 Å². The molecule has 212 valence electrons. The van der Waals surface area contributed by atoms with Gasteiger partial charge in [0, 0.05) is 55.9 Å². The third-order valence-electron chi connectivity index (χ3n) is 7.45. The van der Waals surface area contributed by atoms with E-state index in [1.807, 2.05) is 19.1 Å². The van der Waals surface area contributed by atoms with E-state index in [0.29, 0.717) is 38.3 Å². The monoisotopic (exact) mass is 548 g/mol. The van der Waals surface area contributed by atoms with E-state index < -0.39 is 17.6 Å². The number of allylic oxidation sites excluding steroid dienone is 5. The fraction of sp³-hybridized carbons (Fsp3) is 0.500. The minimum absolute atomic E-state index is 0.0186. The molecule has 2 fully saturated rings. The normalized spacial score (nSPS) is 26.5. The van der Waals surface area contributed by atoms with Crippen LogP contribution < -0.4 is 16.5 Å². The molecule has 0 aromatic heterocycles. The van der Waals surface area contributed by atoms with Crippen LogP contribution >= 0.6 is 0 Å². The van der Waals surface area contributed by atoms with Crippen molar-refractivity contribution in [1.29, 1.82) is 0 Å². The third kappa shape index (κ3) is 6.81. The molecule has 3 heterocycles. The van der Waals surface area contributed by atoms with Crippen molar-refractivity contribution in [2.45, 2.75) is 51.5 Å². The van der Waals surface area contributed by atoms with E-state index in [1.54, 1.807) is 22.8 Å². The molecule has 2 saturated heterocycles. The summed E-state index contributed by atoms with van der Waals surface area (Å²) in [5.74, 6) is -0.778. The molecule has 0 aliphatic carbocycles. The summed E-state index contributed by atoms with van der Waals surface area (Å²) in [6.45, 7) is 9.24. The van der Waals surface area contributed by atoms with Crippen LogP contribution in [0.5, 0.6) is 0 Å². The summed E-state index contributed by atoms with van der Waals surface area (Å²) in [5.41, 5.74) is 10.1. The molecule has 2 amide bonds. The average Bonchev–Trinajstić information content (AvgIpc) is 3.27. The number of nitrogens with zero attached hydrogens (tertiary/aromatic N) is 3. The number of carbonyl (C=O) groups excluding carboxylic acids is 1. The van der Waals surface area contributed by atoms with Gasteiger partial charge in [-0.3, -0.25) is 4.90 Å². The van der Waals surface area contributed by atoms with Gasteiger partial charge in [-0.05, 0) is 49.5 Å². The second kappa shape index (κ2) is 11.8. The van der Waals surface area contributed by atoms with E-state index in [9.17, 15) is 22.4 Å². The van der Waals surface area contributed by atoms with Gasteiger partial charge in [-0.15, -0.1) is 0 Å². The lowest BCUT2D eigenvalue weighted by Gasteiger charge is -2.40. The fourth-order valence-electron chi connectivity index (χ4n) is 5.83. The van der Waals surface area contributed by atoms with E-state index in [-0.39, 0.29) is 42.1 Å². The molecule has 11 heteroatoms. The number of piperidine rings is 2. The largest absolute Gasteiger partial charge is 0.416 e. The Bertz CT molecular complexity index is 1170. The topological polar surface area (TPSA) is 86.0 Å². The molecule has 7 nitrogen and oxygen atoms in total. The van der Waals surface area contributed by atoms with Gasteiger partial charge in [0.05, 0.1) is 17.3 Å². The predicted octanol–water partition coefficient (Wildman–Crippen LogP) is 4.39. The number of fused-ring (bicyclic) bond motifs is 1. The van der Waals surface area contributed by atoms with Gasteiger partial charge in [-0.25, -0.2) is 9.18 Å². The molecule has 1 aromatic rings. The van der Waals surface area contributed by atoms with Crippen LogP contribution in [0.3, 0.4) is 0 Å². The minimum Gasteiger partial charge on any atom is -0.402 e. The zero-order valence-electron chi connectivity index (χ0n) is 22.3. The molecule has 0 bridgehead atoms. The number of likely N-dealkylation sites (tertiary alicyclic amines) is 2. The minimum atomic E-state index is -4.64. The van der Waals surface area contributed by atoms with Crippen LogP contribution in [0.2, 0.25) is 0 Å². The van der Waals surface area contributed by atoms with Crippen molar-refractivity contribution in [2.24, 2.45) is 22.7 Å². The number of rotatable bonds is 6. The maximum atomic E-state index is 14.5. The quantitative estimate of drug-likeness (QED) is 0.364. The SMILES string of the molecule is C=C/C=C(\C=C(\C)N)C1=NNC2CCN(C(=O)NC3CC(C)CN(Cc4c(F)cccc4C(F)(F)F)C3)CC12. The summed E-state index contributed by atoms with van der Waals surface area (Å²) in [7, 11) is 0. The Morgan fingerprint density at radius 1 is 1.31 bits per heavy atom. The number of benzene rings is 1. The number of amides is 2. The van der Waals surface area contributed by atoms with Crippen molar-refractivity contribution in [2.75, 3.05) is 26.2 Å². The summed E-state index contributed by atoms with van der Waals surface area (Å²) in [6.07, 6.45) is 2.12. The van der Waals surface area contributed by atoms with Crippen LogP contribution in [0.15, 0.2) is 59.4 Å². The zero-order valence-corrected chi connectivity index (χ0v) is 22.3. The van der Waals surface area contributed by atoms with Gasteiger partial charge in [-0.1, -0.05) is 31.7 Å². The predicted molar refractivity (Wildman–Crippen MR) is 143 cm³/mol.